The van der Waals surface area contributed by atoms with Crippen molar-refractivity contribution < 1.29 is 31.2 Å². The fourth-order valence-electron chi connectivity index (χ4n) is 5.66. The number of carbonyl (C=O) groups excluding carboxylic acids is 2. The third-order valence-corrected chi connectivity index (χ3v) is 8.08. The molecule has 5 rings (SSSR count). The van der Waals surface area contributed by atoms with Crippen LogP contribution in [0, 0.1) is 0 Å². The van der Waals surface area contributed by atoms with Gasteiger partial charge in [0, 0.05) is 25.6 Å². The molecule has 1 unspecified atom stereocenters. The van der Waals surface area contributed by atoms with Crippen LogP contribution in [0.15, 0.2) is 30.5 Å². The van der Waals surface area contributed by atoms with E-state index < -0.39 is 33.8 Å². The number of amides is 3. The molecule has 3 aliphatic rings. The highest BCUT2D eigenvalue weighted by Crippen LogP contribution is 2.45. The standard InChI is InChI=1S/C25H30F3N5O4S/c1-38(36,37)30-24(35)31-13-10-17(11-14-31)33-22(16-8-9-16)19(15-29-33)23(34)32-12-4-7-21(32)18-5-2-3-6-20(18)25(26,27)28/h2-3,5-6,15-17,21H,4,7-14H2,1H3,(H,30,35). The molecule has 1 N–H and O–H groups in total. The molecule has 3 fully saturated rings. The maximum absolute atomic E-state index is 13.8. The number of aromatic nitrogens is 2. The Morgan fingerprint density at radius 2 is 1.71 bits per heavy atom. The number of benzene rings is 1. The molecule has 2 aromatic rings. The van der Waals surface area contributed by atoms with E-state index in [-0.39, 0.29) is 23.4 Å². The molecule has 3 heterocycles. The quantitative estimate of drug-likeness (QED) is 0.601. The molecule has 3 amide bonds. The Balaban J connectivity index is 1.36. The number of hydrogen-bond donors (Lipinski definition) is 1. The molecule has 206 valence electrons. The van der Waals surface area contributed by atoms with Gasteiger partial charge in [0.25, 0.3) is 5.91 Å². The van der Waals surface area contributed by atoms with E-state index in [9.17, 15) is 31.2 Å². The van der Waals surface area contributed by atoms with Crippen LogP contribution in [0.2, 0.25) is 0 Å². The van der Waals surface area contributed by atoms with Crippen molar-refractivity contribution in [2.75, 3.05) is 25.9 Å². The summed E-state index contributed by atoms with van der Waals surface area (Å²) in [5, 5.41) is 4.55. The maximum atomic E-state index is 13.8. The lowest BCUT2D eigenvalue weighted by Gasteiger charge is -2.33. The highest BCUT2D eigenvalue weighted by Gasteiger charge is 2.42. The van der Waals surface area contributed by atoms with E-state index in [2.05, 4.69) is 5.10 Å². The average molecular weight is 554 g/mol. The second-order valence-electron chi connectivity index (χ2n) is 10.3. The maximum Gasteiger partial charge on any atom is 0.416 e. The molecule has 0 bridgehead atoms. The molecular formula is C25H30F3N5O4S. The van der Waals surface area contributed by atoms with E-state index in [1.54, 1.807) is 11.0 Å². The lowest BCUT2D eigenvalue weighted by atomic mass is 9.97. The third-order valence-electron chi connectivity index (χ3n) is 7.54. The first-order valence-corrected chi connectivity index (χ1v) is 14.6. The summed E-state index contributed by atoms with van der Waals surface area (Å²) in [6.45, 7) is 1.04. The van der Waals surface area contributed by atoms with Gasteiger partial charge < -0.3 is 9.80 Å². The molecule has 9 nitrogen and oxygen atoms in total. The predicted octanol–water partition coefficient (Wildman–Crippen LogP) is 4.06. The first-order chi connectivity index (χ1) is 17.9. The Labute approximate surface area is 219 Å². The van der Waals surface area contributed by atoms with Gasteiger partial charge in [0.15, 0.2) is 0 Å². The van der Waals surface area contributed by atoms with E-state index >= 15 is 0 Å². The van der Waals surface area contributed by atoms with Gasteiger partial charge in [-0.25, -0.2) is 17.9 Å². The number of carbonyl (C=O) groups is 2. The highest BCUT2D eigenvalue weighted by molar-refractivity contribution is 7.89. The number of sulfonamides is 1. The van der Waals surface area contributed by atoms with Crippen LogP contribution in [0.1, 0.15) is 83.7 Å². The van der Waals surface area contributed by atoms with Crippen LogP contribution in [0.3, 0.4) is 0 Å². The molecule has 0 radical (unpaired) electrons. The van der Waals surface area contributed by atoms with Gasteiger partial charge in [-0.15, -0.1) is 0 Å². The number of urea groups is 1. The lowest BCUT2D eigenvalue weighted by Crippen LogP contribution is -2.46. The van der Waals surface area contributed by atoms with Crippen molar-refractivity contribution in [2.24, 2.45) is 0 Å². The minimum Gasteiger partial charge on any atom is -0.331 e. The van der Waals surface area contributed by atoms with E-state index in [1.807, 2.05) is 9.40 Å². The van der Waals surface area contributed by atoms with E-state index in [0.717, 1.165) is 30.9 Å². The molecule has 2 saturated heterocycles. The second-order valence-corrected chi connectivity index (χ2v) is 12.0. The van der Waals surface area contributed by atoms with Crippen molar-refractivity contribution in [1.29, 1.82) is 0 Å². The lowest BCUT2D eigenvalue weighted by molar-refractivity contribution is -0.138. The molecule has 1 saturated carbocycles. The van der Waals surface area contributed by atoms with Crippen LogP contribution >= 0.6 is 0 Å². The van der Waals surface area contributed by atoms with Gasteiger partial charge in [0.1, 0.15) is 0 Å². The topological polar surface area (TPSA) is 105 Å². The van der Waals surface area contributed by atoms with Gasteiger partial charge in [-0.3, -0.25) is 9.48 Å². The average Bonchev–Trinajstić information content (AvgIpc) is 3.40. The zero-order valence-corrected chi connectivity index (χ0v) is 21.8. The summed E-state index contributed by atoms with van der Waals surface area (Å²) in [6, 6.07) is 4.05. The van der Waals surface area contributed by atoms with Crippen LogP contribution in [-0.4, -0.2) is 65.8 Å². The van der Waals surface area contributed by atoms with Crippen LogP contribution in [0.4, 0.5) is 18.0 Å². The minimum absolute atomic E-state index is 0.0743. The van der Waals surface area contributed by atoms with Crippen molar-refractivity contribution in [3.8, 4) is 0 Å². The van der Waals surface area contributed by atoms with Crippen LogP contribution in [-0.2, 0) is 16.2 Å². The largest absolute Gasteiger partial charge is 0.416 e. The summed E-state index contributed by atoms with van der Waals surface area (Å²) in [7, 11) is -3.66. The second kappa shape index (κ2) is 9.90. The summed E-state index contributed by atoms with van der Waals surface area (Å²) < 4.78 is 67.8. The summed E-state index contributed by atoms with van der Waals surface area (Å²) in [6.07, 6.45) is 1.91. The fourth-order valence-corrected chi connectivity index (χ4v) is 6.11. The number of halogens is 3. The number of piperidine rings is 1. The molecule has 1 aromatic carbocycles. The van der Waals surface area contributed by atoms with E-state index in [4.69, 9.17) is 0 Å². The normalized spacial score (nSPS) is 21.1. The minimum atomic E-state index is -4.51. The molecule has 13 heteroatoms. The van der Waals surface area contributed by atoms with Gasteiger partial charge >= 0.3 is 12.2 Å². The van der Waals surface area contributed by atoms with Crippen molar-refractivity contribution in [2.45, 2.75) is 62.7 Å². The first kappa shape index (κ1) is 26.5. The van der Waals surface area contributed by atoms with Crippen molar-refractivity contribution in [3.63, 3.8) is 0 Å². The summed E-state index contributed by atoms with van der Waals surface area (Å²) in [5.41, 5.74) is 0.644. The summed E-state index contributed by atoms with van der Waals surface area (Å²) in [5.74, 6) is -0.144. The van der Waals surface area contributed by atoms with Crippen molar-refractivity contribution in [3.05, 3.63) is 52.8 Å². The molecule has 1 atom stereocenters. The number of alkyl halides is 3. The molecule has 38 heavy (non-hydrogen) atoms. The zero-order chi connectivity index (χ0) is 27.2. The van der Waals surface area contributed by atoms with Gasteiger partial charge in [0.2, 0.25) is 10.0 Å². The number of nitrogens with zero attached hydrogens (tertiary/aromatic N) is 4. The monoisotopic (exact) mass is 553 g/mol. The van der Waals surface area contributed by atoms with Gasteiger partial charge in [-0.1, -0.05) is 18.2 Å². The van der Waals surface area contributed by atoms with Gasteiger partial charge in [0.05, 0.1) is 41.4 Å². The zero-order valence-electron chi connectivity index (χ0n) is 20.9. The van der Waals surface area contributed by atoms with Crippen LogP contribution in [0.25, 0.3) is 0 Å². The molecule has 1 aliphatic carbocycles. The van der Waals surface area contributed by atoms with E-state index in [0.29, 0.717) is 50.9 Å². The SMILES string of the molecule is CS(=O)(=O)NC(=O)N1CCC(n2ncc(C(=O)N3CCCC3c3ccccc3C(F)(F)F)c2C2CC2)CC1. The Kier molecular flexibility index (Phi) is 6.91. The number of nitrogens with one attached hydrogen (secondary N) is 1. The van der Waals surface area contributed by atoms with E-state index in [1.165, 1.54) is 23.2 Å². The van der Waals surface area contributed by atoms with Crippen molar-refractivity contribution in [1.82, 2.24) is 24.3 Å². The Morgan fingerprint density at radius 1 is 1.03 bits per heavy atom. The molecule has 1 aromatic heterocycles. The number of likely N-dealkylation sites (tertiary alicyclic amines) is 2. The molecular weight excluding hydrogens is 523 g/mol. The predicted molar refractivity (Wildman–Crippen MR) is 132 cm³/mol. The number of rotatable bonds is 5. The van der Waals surface area contributed by atoms with Crippen LogP contribution < -0.4 is 4.72 Å². The highest BCUT2D eigenvalue weighted by atomic mass is 32.2. The third kappa shape index (κ3) is 5.38. The fraction of sp³-hybridized carbons (Fsp3) is 0.560. The Hall–Kier alpha value is -3.09. The smallest absolute Gasteiger partial charge is 0.331 e. The van der Waals surface area contributed by atoms with Gasteiger partial charge in [-0.2, -0.15) is 18.3 Å². The number of hydrogen-bond acceptors (Lipinski definition) is 5. The summed E-state index contributed by atoms with van der Waals surface area (Å²) in [4.78, 5) is 29.0. The Bertz CT molecular complexity index is 1330. The van der Waals surface area contributed by atoms with Crippen LogP contribution in [0.5, 0.6) is 0 Å². The molecule has 2 aliphatic heterocycles. The summed E-state index contributed by atoms with van der Waals surface area (Å²) >= 11 is 0. The first-order valence-electron chi connectivity index (χ1n) is 12.7. The van der Waals surface area contributed by atoms with Gasteiger partial charge in [-0.05, 0) is 50.2 Å². The Morgan fingerprint density at radius 3 is 2.34 bits per heavy atom. The van der Waals surface area contributed by atoms with Crippen molar-refractivity contribution >= 4 is 22.0 Å². The molecule has 0 spiro atoms.